The average Bonchev–Trinajstić information content (AvgIpc) is 3.21. The van der Waals surface area contributed by atoms with E-state index in [2.05, 4.69) is 5.10 Å². The lowest BCUT2D eigenvalue weighted by Gasteiger charge is -2.34. The zero-order valence-corrected chi connectivity index (χ0v) is 17.0. The van der Waals surface area contributed by atoms with Crippen LogP contribution in [0, 0.1) is 0 Å². The maximum Gasteiger partial charge on any atom is 0.273 e. The Bertz CT molecular complexity index is 1340. The van der Waals surface area contributed by atoms with Gasteiger partial charge in [0.25, 0.3) is 11.1 Å². The second-order valence-electron chi connectivity index (χ2n) is 7.50. The molecule has 8 heteroatoms. The van der Waals surface area contributed by atoms with Crippen molar-refractivity contribution in [1.82, 2.24) is 19.7 Å². The summed E-state index contributed by atoms with van der Waals surface area (Å²) >= 11 is 1.61. The molecule has 0 radical (unpaired) electrons. The van der Waals surface area contributed by atoms with Crippen molar-refractivity contribution < 1.29 is 4.79 Å². The molecule has 0 spiro atoms. The molecule has 2 aromatic heterocycles. The van der Waals surface area contributed by atoms with Crippen molar-refractivity contribution in [3.05, 3.63) is 74.2 Å². The highest BCUT2D eigenvalue weighted by Gasteiger charge is 2.30. The minimum absolute atomic E-state index is 0.105. The summed E-state index contributed by atoms with van der Waals surface area (Å²) in [6.45, 7) is 0.423. The first-order valence-corrected chi connectivity index (χ1v) is 10.8. The van der Waals surface area contributed by atoms with E-state index < -0.39 is 0 Å². The molecule has 1 atom stereocenters. The van der Waals surface area contributed by atoms with Crippen LogP contribution in [0.5, 0.6) is 0 Å². The molecule has 5 rings (SSSR count). The molecule has 0 bridgehead atoms. The lowest BCUT2D eigenvalue weighted by atomic mass is 10.0. The van der Waals surface area contributed by atoms with Gasteiger partial charge in [-0.3, -0.25) is 19.5 Å². The first kappa shape index (κ1) is 18.7. The molecule has 30 heavy (non-hydrogen) atoms. The van der Waals surface area contributed by atoms with E-state index in [1.165, 1.54) is 0 Å². The van der Waals surface area contributed by atoms with Crippen molar-refractivity contribution in [3.8, 4) is 0 Å². The summed E-state index contributed by atoms with van der Waals surface area (Å²) in [5, 5.41) is 4.12. The number of hydrogen-bond acceptors (Lipinski definition) is 5. The number of carbonyl (C=O) groups excluding carboxylic acids is 1. The van der Waals surface area contributed by atoms with E-state index in [4.69, 9.17) is 4.98 Å². The molecular weight excluding hydrogens is 400 g/mol. The number of rotatable bonds is 3. The highest BCUT2D eigenvalue weighted by atomic mass is 32.1. The summed E-state index contributed by atoms with van der Waals surface area (Å²) in [4.78, 5) is 44.9. The van der Waals surface area contributed by atoms with Gasteiger partial charge in [-0.15, -0.1) is 11.3 Å². The monoisotopic (exact) mass is 420 g/mol. The number of aromatic amines is 1. The van der Waals surface area contributed by atoms with E-state index in [1.807, 2.05) is 24.3 Å². The van der Waals surface area contributed by atoms with Gasteiger partial charge in [0, 0.05) is 6.54 Å². The number of benzene rings is 2. The first-order chi connectivity index (χ1) is 14.6. The van der Waals surface area contributed by atoms with Crippen LogP contribution in [-0.4, -0.2) is 32.1 Å². The summed E-state index contributed by atoms with van der Waals surface area (Å²) in [7, 11) is 0. The standard InChI is InChI=1S/C22H20N4O3S/c27-19(13-26-22(29)15-8-2-1-7-14(15)20(28)24-26)25-12-6-5-10-17(25)21-23-16-9-3-4-11-18(16)30-21/h1-4,7-9,11,17H,5-6,10,12-13H2,(H,24,28). The molecule has 1 unspecified atom stereocenters. The van der Waals surface area contributed by atoms with E-state index in [0.717, 1.165) is 39.2 Å². The number of aromatic nitrogens is 3. The fraction of sp³-hybridized carbons (Fsp3) is 0.273. The van der Waals surface area contributed by atoms with Gasteiger partial charge in [0.15, 0.2) is 0 Å². The Morgan fingerprint density at radius 1 is 1.07 bits per heavy atom. The SMILES string of the molecule is O=C(Cn1[nH]c(=O)c2ccccc2c1=O)N1CCCCC1c1nc2ccccc2s1. The molecule has 1 amide bonds. The number of amides is 1. The molecule has 7 nitrogen and oxygen atoms in total. The molecule has 152 valence electrons. The van der Waals surface area contributed by atoms with Crippen LogP contribution in [-0.2, 0) is 11.3 Å². The Hall–Kier alpha value is -3.26. The van der Waals surface area contributed by atoms with Gasteiger partial charge in [-0.05, 0) is 43.5 Å². The Labute approximate surface area is 175 Å². The minimum atomic E-state index is -0.376. The largest absolute Gasteiger partial charge is 0.332 e. The van der Waals surface area contributed by atoms with Crippen LogP contribution < -0.4 is 11.1 Å². The van der Waals surface area contributed by atoms with Crippen molar-refractivity contribution in [2.24, 2.45) is 0 Å². The van der Waals surface area contributed by atoms with Crippen molar-refractivity contribution in [1.29, 1.82) is 0 Å². The van der Waals surface area contributed by atoms with Gasteiger partial charge in [0.2, 0.25) is 5.91 Å². The van der Waals surface area contributed by atoms with Crippen molar-refractivity contribution in [2.75, 3.05) is 6.54 Å². The number of piperidine rings is 1. The van der Waals surface area contributed by atoms with Crippen LogP contribution in [0.4, 0.5) is 0 Å². The van der Waals surface area contributed by atoms with Crippen LogP contribution in [0.2, 0.25) is 0 Å². The quantitative estimate of drug-likeness (QED) is 0.552. The van der Waals surface area contributed by atoms with Crippen LogP contribution in [0.15, 0.2) is 58.1 Å². The molecule has 1 aliphatic rings. The summed E-state index contributed by atoms with van der Waals surface area (Å²) in [6.07, 6.45) is 2.78. The molecule has 1 fully saturated rings. The number of likely N-dealkylation sites (tertiary alicyclic amines) is 1. The highest BCUT2D eigenvalue weighted by molar-refractivity contribution is 7.18. The van der Waals surface area contributed by atoms with Crippen LogP contribution in [0.3, 0.4) is 0 Å². The third kappa shape index (κ3) is 3.23. The Balaban J connectivity index is 1.47. The zero-order chi connectivity index (χ0) is 20.7. The highest BCUT2D eigenvalue weighted by Crippen LogP contribution is 2.35. The number of carbonyl (C=O) groups is 1. The second-order valence-corrected chi connectivity index (χ2v) is 8.56. The van der Waals surface area contributed by atoms with Crippen LogP contribution in [0.1, 0.15) is 30.3 Å². The van der Waals surface area contributed by atoms with Crippen LogP contribution in [0.25, 0.3) is 21.0 Å². The number of nitrogens with zero attached hydrogens (tertiary/aromatic N) is 3. The molecule has 1 N–H and O–H groups in total. The van der Waals surface area contributed by atoms with Gasteiger partial charge >= 0.3 is 0 Å². The molecule has 4 aromatic rings. The Morgan fingerprint density at radius 2 is 1.83 bits per heavy atom. The molecule has 1 saturated heterocycles. The van der Waals surface area contributed by atoms with E-state index in [0.29, 0.717) is 17.3 Å². The van der Waals surface area contributed by atoms with E-state index >= 15 is 0 Å². The van der Waals surface area contributed by atoms with E-state index in [9.17, 15) is 14.4 Å². The Kier molecular flexibility index (Phi) is 4.71. The summed E-state index contributed by atoms with van der Waals surface area (Å²) < 4.78 is 2.22. The molecule has 3 heterocycles. The first-order valence-electron chi connectivity index (χ1n) is 9.98. The Morgan fingerprint density at radius 3 is 2.67 bits per heavy atom. The maximum absolute atomic E-state index is 13.2. The molecule has 1 aliphatic heterocycles. The number of nitrogens with one attached hydrogen (secondary N) is 1. The van der Waals surface area contributed by atoms with Gasteiger partial charge in [-0.2, -0.15) is 0 Å². The number of thiazole rings is 1. The topological polar surface area (TPSA) is 88.1 Å². The third-order valence-electron chi connectivity index (χ3n) is 5.60. The number of fused-ring (bicyclic) bond motifs is 2. The maximum atomic E-state index is 13.2. The van der Waals surface area contributed by atoms with E-state index in [-0.39, 0.29) is 29.6 Å². The summed E-state index contributed by atoms with van der Waals surface area (Å²) in [5.74, 6) is -0.188. The van der Waals surface area contributed by atoms with Crippen molar-refractivity contribution >= 4 is 38.2 Å². The smallest absolute Gasteiger partial charge is 0.273 e. The number of hydrogen-bond donors (Lipinski definition) is 1. The molecule has 2 aromatic carbocycles. The van der Waals surface area contributed by atoms with Crippen molar-refractivity contribution in [3.63, 3.8) is 0 Å². The van der Waals surface area contributed by atoms with Crippen molar-refractivity contribution in [2.45, 2.75) is 31.8 Å². The lowest BCUT2D eigenvalue weighted by molar-refractivity contribution is -0.136. The molecule has 0 saturated carbocycles. The van der Waals surface area contributed by atoms with Gasteiger partial charge in [0.05, 0.1) is 27.0 Å². The zero-order valence-electron chi connectivity index (χ0n) is 16.2. The van der Waals surface area contributed by atoms with Crippen LogP contribution >= 0.6 is 11.3 Å². The normalized spacial score (nSPS) is 16.9. The predicted molar refractivity (Wildman–Crippen MR) is 117 cm³/mol. The number of H-pyrrole nitrogens is 1. The lowest BCUT2D eigenvalue weighted by Crippen LogP contribution is -2.43. The third-order valence-corrected chi connectivity index (χ3v) is 6.73. The van der Waals surface area contributed by atoms with Gasteiger partial charge in [0.1, 0.15) is 11.6 Å². The fourth-order valence-corrected chi connectivity index (χ4v) is 5.22. The van der Waals surface area contributed by atoms with Gasteiger partial charge in [-0.25, -0.2) is 9.67 Å². The summed E-state index contributed by atoms with van der Waals surface area (Å²) in [6, 6.07) is 14.5. The predicted octanol–water partition coefficient (Wildman–Crippen LogP) is 3.05. The number of para-hydroxylation sites is 1. The molecular formula is C22H20N4O3S. The summed E-state index contributed by atoms with van der Waals surface area (Å²) in [5.41, 5.74) is 0.192. The fourth-order valence-electron chi connectivity index (χ4n) is 4.10. The minimum Gasteiger partial charge on any atom is -0.332 e. The molecule has 0 aliphatic carbocycles. The van der Waals surface area contributed by atoms with Gasteiger partial charge in [-0.1, -0.05) is 24.3 Å². The second kappa shape index (κ2) is 7.53. The van der Waals surface area contributed by atoms with Gasteiger partial charge < -0.3 is 4.90 Å². The average molecular weight is 420 g/mol. The van der Waals surface area contributed by atoms with E-state index in [1.54, 1.807) is 40.5 Å².